The van der Waals surface area contributed by atoms with Crippen molar-refractivity contribution in [3.8, 4) is 0 Å². The summed E-state index contributed by atoms with van der Waals surface area (Å²) in [6, 6.07) is 5.49. The fourth-order valence-electron chi connectivity index (χ4n) is 2.15. The highest BCUT2D eigenvalue weighted by Crippen LogP contribution is 2.21. The van der Waals surface area contributed by atoms with Crippen LogP contribution < -0.4 is 16.0 Å². The number of hydrogen-bond acceptors (Lipinski definition) is 3. The summed E-state index contributed by atoms with van der Waals surface area (Å²) in [6.07, 6.45) is 0.871. The van der Waals surface area contributed by atoms with E-state index in [1.54, 1.807) is 6.07 Å². The third kappa shape index (κ3) is 3.54. The summed E-state index contributed by atoms with van der Waals surface area (Å²) in [7, 11) is 0. The first-order valence-electron chi connectivity index (χ1n) is 6.46. The number of carbonyl (C=O) groups is 2. The smallest absolute Gasteiger partial charge is 0.228 e. The van der Waals surface area contributed by atoms with Crippen molar-refractivity contribution >= 4 is 23.2 Å². The van der Waals surface area contributed by atoms with Crippen molar-refractivity contribution < 1.29 is 9.59 Å². The monoisotopic (exact) mass is 261 g/mol. The van der Waals surface area contributed by atoms with E-state index in [9.17, 15) is 9.59 Å². The van der Waals surface area contributed by atoms with Gasteiger partial charge in [-0.3, -0.25) is 9.59 Å². The Labute approximate surface area is 112 Å². The van der Waals surface area contributed by atoms with Crippen LogP contribution in [0.3, 0.4) is 0 Å². The van der Waals surface area contributed by atoms with E-state index in [4.69, 9.17) is 0 Å². The van der Waals surface area contributed by atoms with Crippen LogP contribution in [-0.2, 0) is 9.59 Å². The second-order valence-corrected chi connectivity index (χ2v) is 4.89. The van der Waals surface area contributed by atoms with Gasteiger partial charge in [-0.05, 0) is 37.6 Å². The lowest BCUT2D eigenvalue weighted by molar-refractivity contribution is -0.119. The molecule has 2 rings (SSSR count). The van der Waals surface area contributed by atoms with E-state index in [2.05, 4.69) is 16.0 Å². The molecule has 1 aliphatic heterocycles. The molecule has 1 heterocycles. The number of nitrogens with one attached hydrogen (secondary N) is 3. The van der Waals surface area contributed by atoms with Gasteiger partial charge >= 0.3 is 0 Å². The molecule has 5 heteroatoms. The van der Waals surface area contributed by atoms with E-state index in [-0.39, 0.29) is 17.7 Å². The van der Waals surface area contributed by atoms with Gasteiger partial charge < -0.3 is 16.0 Å². The number of anilines is 2. The average molecular weight is 261 g/mol. The van der Waals surface area contributed by atoms with Gasteiger partial charge in [0.25, 0.3) is 0 Å². The van der Waals surface area contributed by atoms with Crippen molar-refractivity contribution in [3.05, 3.63) is 23.8 Å². The standard InChI is InChI=1S/C14H19N3O2/c1-9-3-4-12(16-10(2)18)7-13(9)17-14(19)11-5-6-15-8-11/h3-4,7,11,15H,5-6,8H2,1-2H3,(H,16,18)(H,17,19). The second-order valence-electron chi connectivity index (χ2n) is 4.89. The molecule has 0 spiro atoms. The van der Waals surface area contributed by atoms with Crippen LogP contribution in [0.4, 0.5) is 11.4 Å². The number of carbonyl (C=O) groups excluding carboxylic acids is 2. The zero-order chi connectivity index (χ0) is 13.8. The molecule has 2 amide bonds. The van der Waals surface area contributed by atoms with E-state index in [1.807, 2.05) is 19.1 Å². The Morgan fingerprint density at radius 1 is 1.32 bits per heavy atom. The summed E-state index contributed by atoms with van der Waals surface area (Å²) in [4.78, 5) is 23.1. The van der Waals surface area contributed by atoms with Gasteiger partial charge in [-0.25, -0.2) is 0 Å². The van der Waals surface area contributed by atoms with Gasteiger partial charge in [0, 0.05) is 24.8 Å². The van der Waals surface area contributed by atoms with Gasteiger partial charge in [-0.15, -0.1) is 0 Å². The normalized spacial score (nSPS) is 18.1. The first kappa shape index (κ1) is 13.5. The first-order valence-corrected chi connectivity index (χ1v) is 6.46. The summed E-state index contributed by atoms with van der Waals surface area (Å²) in [5, 5.41) is 8.82. The van der Waals surface area contributed by atoms with Crippen LogP contribution in [0, 0.1) is 12.8 Å². The fraction of sp³-hybridized carbons (Fsp3) is 0.429. The predicted octanol–water partition coefficient (Wildman–Crippen LogP) is 1.50. The number of amides is 2. The Balaban J connectivity index is 2.09. The molecule has 1 aliphatic rings. The Morgan fingerprint density at radius 2 is 2.11 bits per heavy atom. The second kappa shape index (κ2) is 5.84. The maximum atomic E-state index is 12.1. The molecular weight excluding hydrogens is 242 g/mol. The average Bonchev–Trinajstić information content (AvgIpc) is 2.86. The van der Waals surface area contributed by atoms with Crippen molar-refractivity contribution in [1.29, 1.82) is 0 Å². The molecule has 1 fully saturated rings. The Morgan fingerprint density at radius 3 is 2.74 bits per heavy atom. The highest BCUT2D eigenvalue weighted by molar-refractivity contribution is 5.95. The zero-order valence-electron chi connectivity index (χ0n) is 11.2. The number of hydrogen-bond donors (Lipinski definition) is 3. The quantitative estimate of drug-likeness (QED) is 0.772. The third-order valence-corrected chi connectivity index (χ3v) is 3.25. The first-order chi connectivity index (χ1) is 9.06. The minimum Gasteiger partial charge on any atom is -0.326 e. The van der Waals surface area contributed by atoms with Crippen LogP contribution in [0.25, 0.3) is 0 Å². The van der Waals surface area contributed by atoms with Crippen LogP contribution in [0.15, 0.2) is 18.2 Å². The van der Waals surface area contributed by atoms with Crippen LogP contribution in [0.2, 0.25) is 0 Å². The maximum Gasteiger partial charge on any atom is 0.228 e. The topological polar surface area (TPSA) is 70.2 Å². The van der Waals surface area contributed by atoms with E-state index < -0.39 is 0 Å². The molecule has 1 atom stereocenters. The SMILES string of the molecule is CC(=O)Nc1ccc(C)c(NC(=O)C2CCNC2)c1. The minimum atomic E-state index is -0.124. The van der Waals surface area contributed by atoms with Crippen molar-refractivity contribution in [1.82, 2.24) is 5.32 Å². The van der Waals surface area contributed by atoms with Gasteiger partial charge in [-0.2, -0.15) is 0 Å². The Hall–Kier alpha value is -1.88. The van der Waals surface area contributed by atoms with Gasteiger partial charge in [0.15, 0.2) is 0 Å². The van der Waals surface area contributed by atoms with Crippen molar-refractivity contribution in [3.63, 3.8) is 0 Å². The summed E-state index contributed by atoms with van der Waals surface area (Å²) >= 11 is 0. The van der Waals surface area contributed by atoms with Crippen LogP contribution >= 0.6 is 0 Å². The molecule has 1 aromatic rings. The fourth-order valence-corrected chi connectivity index (χ4v) is 2.15. The molecule has 0 aliphatic carbocycles. The van der Waals surface area contributed by atoms with Crippen molar-refractivity contribution in [2.24, 2.45) is 5.92 Å². The highest BCUT2D eigenvalue weighted by Gasteiger charge is 2.22. The molecule has 19 heavy (non-hydrogen) atoms. The van der Waals surface area contributed by atoms with Crippen molar-refractivity contribution in [2.45, 2.75) is 20.3 Å². The maximum absolute atomic E-state index is 12.1. The van der Waals surface area contributed by atoms with Crippen LogP contribution in [-0.4, -0.2) is 24.9 Å². The molecule has 0 bridgehead atoms. The number of benzene rings is 1. The van der Waals surface area contributed by atoms with E-state index in [0.717, 1.165) is 30.8 Å². The van der Waals surface area contributed by atoms with E-state index in [0.29, 0.717) is 5.69 Å². The van der Waals surface area contributed by atoms with Gasteiger partial charge in [-0.1, -0.05) is 6.07 Å². The molecule has 1 aromatic carbocycles. The van der Waals surface area contributed by atoms with Crippen LogP contribution in [0.1, 0.15) is 18.9 Å². The molecule has 1 saturated heterocycles. The van der Waals surface area contributed by atoms with Gasteiger partial charge in [0.1, 0.15) is 0 Å². The largest absolute Gasteiger partial charge is 0.326 e. The molecule has 5 nitrogen and oxygen atoms in total. The van der Waals surface area contributed by atoms with Gasteiger partial charge in [0.05, 0.1) is 5.92 Å². The van der Waals surface area contributed by atoms with E-state index >= 15 is 0 Å². The predicted molar refractivity (Wildman–Crippen MR) is 75.1 cm³/mol. The van der Waals surface area contributed by atoms with Crippen molar-refractivity contribution in [2.75, 3.05) is 23.7 Å². The molecule has 3 N–H and O–H groups in total. The summed E-state index contributed by atoms with van der Waals surface area (Å²) in [5.41, 5.74) is 2.43. The molecular formula is C14H19N3O2. The van der Waals surface area contributed by atoms with Gasteiger partial charge in [0.2, 0.25) is 11.8 Å². The zero-order valence-corrected chi connectivity index (χ0v) is 11.2. The lowest BCUT2D eigenvalue weighted by atomic mass is 10.1. The third-order valence-electron chi connectivity index (χ3n) is 3.25. The summed E-state index contributed by atoms with van der Waals surface area (Å²) in [5.74, 6) is -0.0574. The molecule has 102 valence electrons. The lowest BCUT2D eigenvalue weighted by Gasteiger charge is -2.13. The van der Waals surface area contributed by atoms with E-state index in [1.165, 1.54) is 6.92 Å². The molecule has 0 saturated carbocycles. The molecule has 0 radical (unpaired) electrons. The molecule has 0 aromatic heterocycles. The Kier molecular flexibility index (Phi) is 4.16. The Bertz CT molecular complexity index is 493. The van der Waals surface area contributed by atoms with Crippen LogP contribution in [0.5, 0.6) is 0 Å². The molecule has 1 unspecified atom stereocenters. The highest BCUT2D eigenvalue weighted by atomic mass is 16.2. The summed E-state index contributed by atoms with van der Waals surface area (Å²) in [6.45, 7) is 5.02. The lowest BCUT2D eigenvalue weighted by Crippen LogP contribution is -2.25. The minimum absolute atomic E-state index is 0.0313. The number of aryl methyl sites for hydroxylation is 1. The number of rotatable bonds is 3. The summed E-state index contributed by atoms with van der Waals surface area (Å²) < 4.78 is 0.